The number of urea groups is 1. The number of nitrogens with one attached hydrogen (secondary N) is 1. The van der Waals surface area contributed by atoms with E-state index in [2.05, 4.69) is 5.32 Å². The summed E-state index contributed by atoms with van der Waals surface area (Å²) in [6.07, 6.45) is 0. The molecular formula is C18H16FN3O2S. The van der Waals surface area contributed by atoms with Crippen LogP contribution in [0.15, 0.2) is 53.0 Å². The predicted octanol–water partition coefficient (Wildman–Crippen LogP) is 2.88. The van der Waals surface area contributed by atoms with E-state index in [4.69, 9.17) is 0 Å². The Morgan fingerprint density at radius 3 is 2.68 bits per heavy atom. The van der Waals surface area contributed by atoms with E-state index in [1.54, 1.807) is 24.1 Å². The number of benzene rings is 1. The predicted molar refractivity (Wildman–Crippen MR) is 92.2 cm³/mol. The second-order valence-electron chi connectivity index (χ2n) is 6.10. The summed E-state index contributed by atoms with van der Waals surface area (Å²) in [7, 11) is 1.67. The summed E-state index contributed by atoms with van der Waals surface area (Å²) in [5, 5.41) is 4.83. The molecule has 3 amide bonds. The number of carbonyl (C=O) groups is 2. The molecule has 2 aromatic rings. The molecule has 0 radical (unpaired) electrons. The Balaban J connectivity index is 1.64. The fourth-order valence-electron chi connectivity index (χ4n) is 3.23. The molecule has 1 aromatic heterocycles. The third-order valence-corrected chi connectivity index (χ3v) is 5.49. The van der Waals surface area contributed by atoms with Crippen LogP contribution in [0.2, 0.25) is 0 Å². The van der Waals surface area contributed by atoms with Crippen LogP contribution in [-0.2, 0) is 11.3 Å². The molecule has 3 heterocycles. The van der Waals surface area contributed by atoms with Crippen molar-refractivity contribution < 1.29 is 14.0 Å². The van der Waals surface area contributed by atoms with Gasteiger partial charge in [-0.3, -0.25) is 9.69 Å². The Morgan fingerprint density at radius 1 is 1.24 bits per heavy atom. The van der Waals surface area contributed by atoms with Crippen LogP contribution in [0.3, 0.4) is 0 Å². The first-order valence-corrected chi connectivity index (χ1v) is 8.77. The van der Waals surface area contributed by atoms with Gasteiger partial charge in [0.25, 0.3) is 5.91 Å². The zero-order chi connectivity index (χ0) is 17.6. The Labute approximate surface area is 148 Å². The molecule has 25 heavy (non-hydrogen) atoms. The minimum Gasteiger partial charge on any atom is -0.329 e. The van der Waals surface area contributed by atoms with Crippen LogP contribution in [-0.4, -0.2) is 35.3 Å². The highest BCUT2D eigenvalue weighted by molar-refractivity contribution is 7.10. The van der Waals surface area contributed by atoms with Gasteiger partial charge in [-0.05, 0) is 29.1 Å². The second kappa shape index (κ2) is 6.00. The number of hydrogen-bond acceptors (Lipinski definition) is 3. The number of carbonyl (C=O) groups excluding carboxylic acids is 2. The van der Waals surface area contributed by atoms with Crippen LogP contribution in [0.1, 0.15) is 16.5 Å². The maximum atomic E-state index is 13.1. The molecule has 0 saturated carbocycles. The summed E-state index contributed by atoms with van der Waals surface area (Å²) in [4.78, 5) is 29.4. The summed E-state index contributed by atoms with van der Waals surface area (Å²) >= 11 is 1.51. The molecule has 2 aliphatic heterocycles. The van der Waals surface area contributed by atoms with Gasteiger partial charge in [-0.2, -0.15) is 0 Å². The van der Waals surface area contributed by atoms with Gasteiger partial charge in [0, 0.05) is 18.5 Å². The van der Waals surface area contributed by atoms with E-state index < -0.39 is 6.04 Å². The lowest BCUT2D eigenvalue weighted by Crippen LogP contribution is -2.45. The maximum Gasteiger partial charge on any atom is 0.322 e. The van der Waals surface area contributed by atoms with Gasteiger partial charge in [0.15, 0.2) is 0 Å². The largest absolute Gasteiger partial charge is 0.329 e. The number of nitrogens with zero attached hydrogens (tertiary/aromatic N) is 2. The van der Waals surface area contributed by atoms with Gasteiger partial charge < -0.3 is 10.2 Å². The lowest BCUT2D eigenvalue weighted by atomic mass is 10.0. The van der Waals surface area contributed by atoms with Gasteiger partial charge in [0.05, 0.1) is 23.9 Å². The zero-order valence-corrected chi connectivity index (χ0v) is 14.3. The summed E-state index contributed by atoms with van der Waals surface area (Å²) in [6, 6.07) is 9.30. The molecule has 1 aromatic carbocycles. The van der Waals surface area contributed by atoms with Crippen LogP contribution in [0.5, 0.6) is 0 Å². The Morgan fingerprint density at radius 2 is 2.00 bits per heavy atom. The van der Waals surface area contributed by atoms with Crippen molar-refractivity contribution in [2.45, 2.75) is 12.6 Å². The molecule has 7 heteroatoms. The molecule has 4 rings (SSSR count). The number of rotatable bonds is 3. The Hall–Kier alpha value is -2.67. The monoisotopic (exact) mass is 357 g/mol. The smallest absolute Gasteiger partial charge is 0.322 e. The van der Waals surface area contributed by atoms with Crippen molar-refractivity contribution in [3.8, 4) is 0 Å². The molecule has 128 valence electrons. The number of thiophene rings is 1. The molecule has 0 aliphatic carbocycles. The van der Waals surface area contributed by atoms with Gasteiger partial charge in [-0.15, -0.1) is 11.3 Å². The Bertz CT molecular complexity index is 861. The number of likely N-dealkylation sites (N-methyl/N-ethyl adjacent to an activating group) is 1. The third kappa shape index (κ3) is 2.70. The molecule has 1 atom stereocenters. The van der Waals surface area contributed by atoms with Crippen molar-refractivity contribution in [2.24, 2.45) is 0 Å². The number of halogens is 1. The quantitative estimate of drug-likeness (QED) is 0.918. The van der Waals surface area contributed by atoms with E-state index in [1.165, 1.54) is 28.4 Å². The topological polar surface area (TPSA) is 52.7 Å². The summed E-state index contributed by atoms with van der Waals surface area (Å²) in [5.41, 5.74) is 2.20. The van der Waals surface area contributed by atoms with E-state index in [0.29, 0.717) is 18.7 Å². The van der Waals surface area contributed by atoms with Crippen molar-refractivity contribution in [3.63, 3.8) is 0 Å². The second-order valence-corrected chi connectivity index (χ2v) is 7.08. The normalized spacial score (nSPS) is 20.2. The van der Waals surface area contributed by atoms with Crippen molar-refractivity contribution in [1.82, 2.24) is 15.1 Å². The van der Waals surface area contributed by atoms with Crippen molar-refractivity contribution in [2.75, 3.05) is 13.6 Å². The summed E-state index contributed by atoms with van der Waals surface area (Å²) in [6.45, 7) is 0.753. The molecule has 1 unspecified atom stereocenters. The fraction of sp³-hybridized carbons (Fsp3) is 0.222. The Kier molecular flexibility index (Phi) is 3.80. The van der Waals surface area contributed by atoms with Crippen LogP contribution in [0, 0.1) is 5.82 Å². The van der Waals surface area contributed by atoms with E-state index >= 15 is 0 Å². The minimum atomic E-state index is -0.413. The minimum absolute atomic E-state index is 0.0930. The van der Waals surface area contributed by atoms with Crippen LogP contribution < -0.4 is 5.32 Å². The summed E-state index contributed by atoms with van der Waals surface area (Å²) < 4.78 is 13.1. The number of amides is 3. The number of hydrogen-bond donors (Lipinski definition) is 1. The first kappa shape index (κ1) is 15.8. The zero-order valence-electron chi connectivity index (χ0n) is 13.5. The van der Waals surface area contributed by atoms with Gasteiger partial charge in [0.1, 0.15) is 5.82 Å². The van der Waals surface area contributed by atoms with E-state index in [-0.39, 0.29) is 17.8 Å². The van der Waals surface area contributed by atoms with Crippen molar-refractivity contribution in [1.29, 1.82) is 0 Å². The third-order valence-electron chi connectivity index (χ3n) is 4.55. The average Bonchev–Trinajstić information content (AvgIpc) is 3.23. The standard InChI is InChI=1S/C18H16FN3O2S/c1-21-13-10-22(9-11-4-6-12(19)7-5-11)17(23)15(13)16(20-18(21)24)14-3-2-8-25-14/h2-8,16H,9-10H2,1H3,(H,20,24). The molecule has 0 bridgehead atoms. The van der Waals surface area contributed by atoms with Crippen molar-refractivity contribution >= 4 is 23.3 Å². The van der Waals surface area contributed by atoms with E-state index in [1.807, 2.05) is 17.5 Å². The lowest BCUT2D eigenvalue weighted by Gasteiger charge is -2.30. The van der Waals surface area contributed by atoms with Crippen LogP contribution in [0.25, 0.3) is 0 Å². The highest BCUT2D eigenvalue weighted by Gasteiger charge is 2.43. The first-order valence-electron chi connectivity index (χ1n) is 7.89. The van der Waals surface area contributed by atoms with Gasteiger partial charge in [-0.25, -0.2) is 9.18 Å². The first-order chi connectivity index (χ1) is 12.0. The molecule has 2 aliphatic rings. The summed E-state index contributed by atoms with van der Waals surface area (Å²) in [5.74, 6) is -0.397. The molecular weight excluding hydrogens is 341 g/mol. The van der Waals surface area contributed by atoms with Gasteiger partial charge in [0.2, 0.25) is 0 Å². The van der Waals surface area contributed by atoms with Crippen molar-refractivity contribution in [3.05, 3.63) is 69.3 Å². The average molecular weight is 357 g/mol. The fourth-order valence-corrected chi connectivity index (χ4v) is 4.01. The lowest BCUT2D eigenvalue weighted by molar-refractivity contribution is -0.126. The molecule has 1 N–H and O–H groups in total. The molecule has 0 saturated heterocycles. The molecule has 0 spiro atoms. The van der Waals surface area contributed by atoms with Gasteiger partial charge in [-0.1, -0.05) is 18.2 Å². The highest BCUT2D eigenvalue weighted by Crippen LogP contribution is 2.37. The van der Waals surface area contributed by atoms with Crippen LogP contribution in [0.4, 0.5) is 9.18 Å². The SMILES string of the molecule is CN1C(=O)NC(c2cccs2)C2=C1CN(Cc1ccc(F)cc1)C2=O. The van der Waals surface area contributed by atoms with Gasteiger partial charge >= 0.3 is 6.03 Å². The molecule has 0 fully saturated rings. The molecule has 5 nitrogen and oxygen atoms in total. The van der Waals surface area contributed by atoms with Crippen LogP contribution >= 0.6 is 11.3 Å². The highest BCUT2D eigenvalue weighted by atomic mass is 32.1. The van der Waals surface area contributed by atoms with E-state index in [0.717, 1.165) is 16.1 Å². The van der Waals surface area contributed by atoms with E-state index in [9.17, 15) is 14.0 Å². The maximum absolute atomic E-state index is 13.1.